The minimum Gasteiger partial charge on any atom is -0.394 e. The van der Waals surface area contributed by atoms with Gasteiger partial charge in [0.15, 0.2) is 0 Å². The normalized spacial score (nSPS) is 25.6. The van der Waals surface area contributed by atoms with E-state index in [9.17, 15) is 9.90 Å². The van der Waals surface area contributed by atoms with E-state index in [-0.39, 0.29) is 24.6 Å². The van der Waals surface area contributed by atoms with Gasteiger partial charge in [0.2, 0.25) is 5.91 Å². The topological polar surface area (TPSA) is 56.3 Å². The number of carbonyl (C=O) groups excluding carboxylic acids is 1. The van der Waals surface area contributed by atoms with E-state index in [1.54, 1.807) is 0 Å². The number of para-hydroxylation sites is 1. The van der Waals surface area contributed by atoms with Crippen molar-refractivity contribution in [1.29, 1.82) is 0 Å². The zero-order valence-corrected chi connectivity index (χ0v) is 11.3. The van der Waals surface area contributed by atoms with Crippen LogP contribution in [0.25, 0.3) is 10.9 Å². The lowest BCUT2D eigenvalue weighted by Gasteiger charge is -2.44. The number of nitrogens with one attached hydrogen (secondary N) is 1. The number of fused-ring (bicyclic) bond motifs is 5. The van der Waals surface area contributed by atoms with Gasteiger partial charge in [0, 0.05) is 23.0 Å². The first-order chi connectivity index (χ1) is 9.79. The van der Waals surface area contributed by atoms with Crippen molar-refractivity contribution < 1.29 is 9.90 Å². The van der Waals surface area contributed by atoms with Gasteiger partial charge in [-0.3, -0.25) is 4.79 Å². The molecule has 4 rings (SSSR count). The van der Waals surface area contributed by atoms with Crippen molar-refractivity contribution in [1.82, 2.24) is 9.88 Å². The lowest BCUT2D eigenvalue weighted by molar-refractivity contribution is -0.141. The molecule has 0 aliphatic carbocycles. The van der Waals surface area contributed by atoms with Crippen molar-refractivity contribution in [2.45, 2.75) is 37.8 Å². The van der Waals surface area contributed by atoms with Crippen LogP contribution in [0.3, 0.4) is 0 Å². The molecule has 0 unspecified atom stereocenters. The van der Waals surface area contributed by atoms with Crippen LogP contribution in [0, 0.1) is 0 Å². The molecule has 4 nitrogen and oxygen atoms in total. The number of H-pyrrole nitrogens is 1. The van der Waals surface area contributed by atoms with E-state index in [4.69, 9.17) is 0 Å². The van der Waals surface area contributed by atoms with Gasteiger partial charge in [0.25, 0.3) is 0 Å². The van der Waals surface area contributed by atoms with Gasteiger partial charge < -0.3 is 15.0 Å². The van der Waals surface area contributed by atoms with Crippen LogP contribution in [0.15, 0.2) is 24.3 Å². The van der Waals surface area contributed by atoms with Gasteiger partial charge in [-0.1, -0.05) is 18.2 Å². The predicted molar refractivity (Wildman–Crippen MR) is 76.3 cm³/mol. The molecule has 2 aromatic rings. The number of carbonyl (C=O) groups is 1. The summed E-state index contributed by atoms with van der Waals surface area (Å²) in [5.74, 6) is 0.185. The highest BCUT2D eigenvalue weighted by Crippen LogP contribution is 2.41. The van der Waals surface area contributed by atoms with Gasteiger partial charge in [-0.05, 0) is 30.9 Å². The highest BCUT2D eigenvalue weighted by atomic mass is 16.3. The Morgan fingerprint density at radius 1 is 1.35 bits per heavy atom. The van der Waals surface area contributed by atoms with Crippen LogP contribution < -0.4 is 0 Å². The Morgan fingerprint density at radius 3 is 3.05 bits per heavy atom. The van der Waals surface area contributed by atoms with Crippen molar-refractivity contribution in [2.24, 2.45) is 0 Å². The average Bonchev–Trinajstić information content (AvgIpc) is 2.85. The fourth-order valence-electron chi connectivity index (χ4n) is 3.84. The van der Waals surface area contributed by atoms with Gasteiger partial charge in [-0.25, -0.2) is 0 Å². The predicted octanol–water partition coefficient (Wildman–Crippen LogP) is 2.14. The minimum atomic E-state index is -0.0699. The largest absolute Gasteiger partial charge is 0.394 e. The number of amides is 1. The second-order valence-electron chi connectivity index (χ2n) is 5.81. The number of aliphatic hydroxyl groups is 1. The molecule has 104 valence electrons. The van der Waals surface area contributed by atoms with Crippen LogP contribution in [0.4, 0.5) is 0 Å². The van der Waals surface area contributed by atoms with E-state index in [0.717, 1.165) is 24.8 Å². The quantitative estimate of drug-likeness (QED) is 0.834. The second-order valence-corrected chi connectivity index (χ2v) is 5.81. The fraction of sp³-hybridized carbons (Fsp3) is 0.438. The Labute approximate surface area is 117 Å². The van der Waals surface area contributed by atoms with Crippen LogP contribution in [-0.2, 0) is 11.2 Å². The summed E-state index contributed by atoms with van der Waals surface area (Å²) in [5.41, 5.74) is 3.61. The number of aromatic nitrogens is 1. The van der Waals surface area contributed by atoms with Crippen LogP contribution in [-0.4, -0.2) is 33.5 Å². The molecule has 1 fully saturated rings. The molecule has 0 radical (unpaired) electrons. The highest BCUT2D eigenvalue weighted by molar-refractivity contribution is 5.86. The molecule has 20 heavy (non-hydrogen) atoms. The summed E-state index contributed by atoms with van der Waals surface area (Å²) >= 11 is 0. The molecule has 3 heterocycles. The zero-order valence-electron chi connectivity index (χ0n) is 11.3. The fourth-order valence-corrected chi connectivity index (χ4v) is 3.84. The van der Waals surface area contributed by atoms with Gasteiger partial charge in [-0.2, -0.15) is 0 Å². The minimum absolute atomic E-state index is 0.0428. The maximum Gasteiger partial charge on any atom is 0.223 e. The molecule has 0 saturated carbocycles. The third-order valence-electron chi connectivity index (χ3n) is 4.72. The van der Waals surface area contributed by atoms with Crippen LogP contribution in [0.5, 0.6) is 0 Å². The standard InChI is InChI=1S/C16H18N2O2/c19-9-10-8-12-11-4-1-2-5-13(11)17-16(12)14-6-3-7-15(20)18(10)14/h1-2,4-5,10,14,17,19H,3,6-9H2/t10-,14-/m0/s1. The first-order valence-electron chi connectivity index (χ1n) is 7.31. The van der Waals surface area contributed by atoms with Crippen molar-refractivity contribution in [3.63, 3.8) is 0 Å². The number of aliphatic hydroxyl groups excluding tert-OH is 1. The number of aromatic amines is 1. The van der Waals surface area contributed by atoms with E-state index in [1.807, 2.05) is 17.0 Å². The maximum atomic E-state index is 12.2. The summed E-state index contributed by atoms with van der Waals surface area (Å²) in [7, 11) is 0. The summed E-state index contributed by atoms with van der Waals surface area (Å²) in [6.45, 7) is 0.0428. The van der Waals surface area contributed by atoms with E-state index >= 15 is 0 Å². The number of benzene rings is 1. The molecule has 0 spiro atoms. The SMILES string of the molecule is O=C1CCC[C@H]2c3[nH]c4ccccc4c3C[C@@H](CO)N12. The van der Waals surface area contributed by atoms with Crippen LogP contribution in [0.2, 0.25) is 0 Å². The summed E-state index contributed by atoms with van der Waals surface area (Å²) in [5, 5.41) is 10.9. The summed E-state index contributed by atoms with van der Waals surface area (Å²) < 4.78 is 0. The molecule has 2 aliphatic rings. The first kappa shape index (κ1) is 12.0. The first-order valence-corrected chi connectivity index (χ1v) is 7.31. The maximum absolute atomic E-state index is 12.2. The smallest absolute Gasteiger partial charge is 0.223 e. The lowest BCUT2D eigenvalue weighted by atomic mass is 9.86. The Kier molecular flexibility index (Phi) is 2.60. The Balaban J connectivity index is 1.90. The molecular formula is C16H18N2O2. The molecule has 1 aromatic heterocycles. The molecule has 1 saturated heterocycles. The molecule has 2 aliphatic heterocycles. The van der Waals surface area contributed by atoms with E-state index in [1.165, 1.54) is 16.6 Å². The van der Waals surface area contributed by atoms with E-state index in [2.05, 4.69) is 17.1 Å². The summed E-state index contributed by atoms with van der Waals surface area (Å²) in [6, 6.07) is 8.32. The van der Waals surface area contributed by atoms with Gasteiger partial charge in [-0.15, -0.1) is 0 Å². The summed E-state index contributed by atoms with van der Waals surface area (Å²) in [4.78, 5) is 17.6. The average molecular weight is 270 g/mol. The molecule has 0 bridgehead atoms. The number of hydrogen-bond donors (Lipinski definition) is 2. The van der Waals surface area contributed by atoms with Gasteiger partial charge >= 0.3 is 0 Å². The van der Waals surface area contributed by atoms with Crippen molar-refractivity contribution in [3.8, 4) is 0 Å². The van der Waals surface area contributed by atoms with Crippen LogP contribution >= 0.6 is 0 Å². The third kappa shape index (κ3) is 1.54. The molecule has 4 heteroatoms. The Bertz CT molecular complexity index is 676. The Hall–Kier alpha value is -1.81. The van der Waals surface area contributed by atoms with Gasteiger partial charge in [0.05, 0.1) is 18.7 Å². The third-order valence-corrected chi connectivity index (χ3v) is 4.72. The molecular weight excluding hydrogens is 252 g/mol. The van der Waals surface area contributed by atoms with Gasteiger partial charge in [0.1, 0.15) is 0 Å². The number of hydrogen-bond acceptors (Lipinski definition) is 2. The lowest BCUT2D eigenvalue weighted by Crippen LogP contribution is -2.50. The molecule has 1 amide bonds. The number of piperidine rings is 1. The second kappa shape index (κ2) is 4.35. The zero-order chi connectivity index (χ0) is 13.7. The molecule has 2 atom stereocenters. The Morgan fingerprint density at radius 2 is 2.20 bits per heavy atom. The van der Waals surface area contributed by atoms with E-state index < -0.39 is 0 Å². The van der Waals surface area contributed by atoms with Crippen LogP contribution in [0.1, 0.15) is 36.6 Å². The highest BCUT2D eigenvalue weighted by Gasteiger charge is 2.40. The van der Waals surface area contributed by atoms with Crippen molar-refractivity contribution in [3.05, 3.63) is 35.5 Å². The molecule has 2 N–H and O–H groups in total. The van der Waals surface area contributed by atoms with E-state index in [0.29, 0.717) is 6.42 Å². The molecule has 1 aromatic carbocycles. The van der Waals surface area contributed by atoms with Crippen molar-refractivity contribution >= 4 is 16.8 Å². The summed E-state index contributed by atoms with van der Waals surface area (Å²) in [6.07, 6.45) is 3.29. The van der Waals surface area contributed by atoms with Crippen molar-refractivity contribution in [2.75, 3.05) is 6.61 Å². The number of rotatable bonds is 1. The monoisotopic (exact) mass is 270 g/mol. The number of nitrogens with zero attached hydrogens (tertiary/aromatic N) is 1.